The monoisotopic (exact) mass is 453 g/mol. The number of methoxy groups -OCH3 is 1. The Kier molecular flexibility index (Phi) is 7.99. The van der Waals surface area contributed by atoms with Crippen molar-refractivity contribution in [3.8, 4) is 23.6 Å². The molecule has 3 rings (SSSR count). The third-order valence-electron chi connectivity index (χ3n) is 4.55. The fraction of sp³-hybridized carbons (Fsp3) is 0.0769. The molecule has 0 aliphatic heterocycles. The van der Waals surface area contributed by atoms with Crippen molar-refractivity contribution < 1.29 is 23.5 Å². The number of nitrogens with one attached hydrogen (secondary N) is 1. The second-order valence-corrected chi connectivity index (χ2v) is 6.80. The molecule has 1 heterocycles. The summed E-state index contributed by atoms with van der Waals surface area (Å²) in [6, 6.07) is 20.2. The molecular formula is C26H19N3O5. The Balaban J connectivity index is 1.67. The van der Waals surface area contributed by atoms with E-state index in [1.54, 1.807) is 48.5 Å². The lowest BCUT2D eigenvalue weighted by Crippen LogP contribution is -2.23. The lowest BCUT2D eigenvalue weighted by atomic mass is 10.1. The van der Waals surface area contributed by atoms with E-state index in [2.05, 4.69) is 5.32 Å². The maximum absolute atomic E-state index is 12.4. The molecule has 8 heteroatoms. The van der Waals surface area contributed by atoms with Crippen molar-refractivity contribution in [2.24, 2.45) is 0 Å². The van der Waals surface area contributed by atoms with Gasteiger partial charge in [-0.1, -0.05) is 30.3 Å². The van der Waals surface area contributed by atoms with Gasteiger partial charge in [0.05, 0.1) is 19.9 Å². The van der Waals surface area contributed by atoms with Gasteiger partial charge in [0, 0.05) is 5.56 Å². The first kappa shape index (κ1) is 23.6. The SMILES string of the molecule is COc1ccccc1/C=C(\C#N)C(=O)Oc1ccc(/C=C(\C#N)C(=O)NCc2ccco2)cc1. The molecule has 0 unspecified atom stereocenters. The van der Waals surface area contributed by atoms with E-state index in [4.69, 9.17) is 13.9 Å². The molecule has 1 N–H and O–H groups in total. The van der Waals surface area contributed by atoms with E-state index in [9.17, 15) is 20.1 Å². The molecule has 0 aliphatic rings. The Morgan fingerprint density at radius 1 is 0.971 bits per heavy atom. The predicted octanol–water partition coefficient (Wildman–Crippen LogP) is 4.02. The molecule has 0 atom stereocenters. The lowest BCUT2D eigenvalue weighted by molar-refractivity contribution is -0.129. The van der Waals surface area contributed by atoms with E-state index >= 15 is 0 Å². The lowest BCUT2D eigenvalue weighted by Gasteiger charge is -2.06. The van der Waals surface area contributed by atoms with E-state index in [0.717, 1.165) is 0 Å². The molecule has 8 nitrogen and oxygen atoms in total. The van der Waals surface area contributed by atoms with Gasteiger partial charge in [-0.3, -0.25) is 4.79 Å². The van der Waals surface area contributed by atoms with Crippen molar-refractivity contribution in [1.29, 1.82) is 10.5 Å². The van der Waals surface area contributed by atoms with E-state index in [1.807, 2.05) is 12.1 Å². The summed E-state index contributed by atoms with van der Waals surface area (Å²) in [6.07, 6.45) is 4.29. The molecule has 0 radical (unpaired) electrons. The number of amides is 1. The first-order chi connectivity index (χ1) is 16.5. The van der Waals surface area contributed by atoms with Gasteiger partial charge in [-0.25, -0.2) is 4.79 Å². The Labute approximate surface area is 195 Å². The average Bonchev–Trinajstić information content (AvgIpc) is 3.39. The number of furan rings is 1. The first-order valence-corrected chi connectivity index (χ1v) is 10.0. The Hall–Kier alpha value is -5.08. The summed E-state index contributed by atoms with van der Waals surface area (Å²) < 4.78 is 15.6. The van der Waals surface area contributed by atoms with Gasteiger partial charge in [-0.05, 0) is 48.0 Å². The molecule has 2 aromatic carbocycles. The van der Waals surface area contributed by atoms with Crippen LogP contribution in [-0.4, -0.2) is 19.0 Å². The zero-order chi connectivity index (χ0) is 24.3. The highest BCUT2D eigenvalue weighted by atomic mass is 16.5. The second-order valence-electron chi connectivity index (χ2n) is 6.80. The van der Waals surface area contributed by atoms with Crippen LogP contribution in [0.25, 0.3) is 12.2 Å². The molecule has 1 amide bonds. The summed E-state index contributed by atoms with van der Waals surface area (Å²) in [5, 5.41) is 21.3. The van der Waals surface area contributed by atoms with E-state index < -0.39 is 11.9 Å². The number of esters is 1. The molecule has 0 fully saturated rings. The number of para-hydroxylation sites is 1. The fourth-order valence-electron chi connectivity index (χ4n) is 2.86. The summed E-state index contributed by atoms with van der Waals surface area (Å²) in [5.74, 6) is -0.0978. The number of benzene rings is 2. The van der Waals surface area contributed by atoms with E-state index in [1.165, 1.54) is 37.7 Å². The van der Waals surface area contributed by atoms with Crippen molar-refractivity contribution in [1.82, 2.24) is 5.32 Å². The van der Waals surface area contributed by atoms with Gasteiger partial charge in [-0.15, -0.1) is 0 Å². The fourth-order valence-corrected chi connectivity index (χ4v) is 2.86. The molecule has 34 heavy (non-hydrogen) atoms. The molecule has 0 aliphatic carbocycles. The second kappa shape index (κ2) is 11.5. The smallest absolute Gasteiger partial charge is 0.354 e. The number of carbonyl (C=O) groups excluding carboxylic acids is 2. The molecule has 3 aromatic rings. The topological polar surface area (TPSA) is 125 Å². The minimum atomic E-state index is -0.827. The van der Waals surface area contributed by atoms with Crippen molar-refractivity contribution in [2.45, 2.75) is 6.54 Å². The normalized spacial score (nSPS) is 11.1. The largest absolute Gasteiger partial charge is 0.496 e. The number of nitrogens with zero attached hydrogens (tertiary/aromatic N) is 2. The van der Waals surface area contributed by atoms with Crippen LogP contribution in [0.2, 0.25) is 0 Å². The number of carbonyl (C=O) groups is 2. The highest BCUT2D eigenvalue weighted by molar-refractivity contribution is 6.01. The number of nitriles is 2. The Bertz CT molecular complexity index is 1310. The zero-order valence-electron chi connectivity index (χ0n) is 18.1. The van der Waals surface area contributed by atoms with Crippen molar-refractivity contribution in [2.75, 3.05) is 7.11 Å². The Morgan fingerprint density at radius 2 is 1.71 bits per heavy atom. The summed E-state index contributed by atoms with van der Waals surface area (Å²) >= 11 is 0. The minimum Gasteiger partial charge on any atom is -0.496 e. The summed E-state index contributed by atoms with van der Waals surface area (Å²) in [4.78, 5) is 24.7. The first-order valence-electron chi connectivity index (χ1n) is 10.0. The Morgan fingerprint density at radius 3 is 2.35 bits per heavy atom. The van der Waals surface area contributed by atoms with Crippen LogP contribution in [0, 0.1) is 22.7 Å². The van der Waals surface area contributed by atoms with Gasteiger partial charge in [-0.2, -0.15) is 10.5 Å². The van der Waals surface area contributed by atoms with E-state index in [0.29, 0.717) is 22.6 Å². The van der Waals surface area contributed by atoms with Crippen molar-refractivity contribution >= 4 is 24.0 Å². The van der Waals surface area contributed by atoms with Crippen LogP contribution in [-0.2, 0) is 16.1 Å². The zero-order valence-corrected chi connectivity index (χ0v) is 18.1. The van der Waals surface area contributed by atoms with E-state index in [-0.39, 0.29) is 23.4 Å². The van der Waals surface area contributed by atoms with Gasteiger partial charge in [0.1, 0.15) is 40.5 Å². The van der Waals surface area contributed by atoms with Crippen molar-refractivity contribution in [3.05, 3.63) is 95.0 Å². The van der Waals surface area contributed by atoms with Crippen LogP contribution in [0.1, 0.15) is 16.9 Å². The number of rotatable bonds is 8. The molecule has 1 aromatic heterocycles. The number of hydrogen-bond donors (Lipinski definition) is 1. The van der Waals surface area contributed by atoms with Gasteiger partial charge >= 0.3 is 5.97 Å². The highest BCUT2D eigenvalue weighted by Crippen LogP contribution is 2.22. The molecule has 0 saturated carbocycles. The van der Waals surface area contributed by atoms with Gasteiger partial charge in [0.2, 0.25) is 0 Å². The summed E-state index contributed by atoms with van der Waals surface area (Å²) in [7, 11) is 1.49. The third-order valence-corrected chi connectivity index (χ3v) is 4.55. The average molecular weight is 453 g/mol. The van der Waals surface area contributed by atoms with Crippen LogP contribution in [0.3, 0.4) is 0 Å². The van der Waals surface area contributed by atoms with Gasteiger partial charge in [0.25, 0.3) is 5.91 Å². The molecule has 0 spiro atoms. The van der Waals surface area contributed by atoms with Crippen LogP contribution in [0.5, 0.6) is 11.5 Å². The molecule has 168 valence electrons. The minimum absolute atomic E-state index is 0.0946. The quantitative estimate of drug-likeness (QED) is 0.236. The van der Waals surface area contributed by atoms with Gasteiger partial charge < -0.3 is 19.2 Å². The van der Waals surface area contributed by atoms with Gasteiger partial charge in [0.15, 0.2) is 0 Å². The number of hydrogen-bond acceptors (Lipinski definition) is 7. The molecule has 0 saturated heterocycles. The van der Waals surface area contributed by atoms with Crippen LogP contribution in [0.4, 0.5) is 0 Å². The maximum atomic E-state index is 12.4. The van der Waals surface area contributed by atoms with Crippen molar-refractivity contribution in [3.63, 3.8) is 0 Å². The molecular weight excluding hydrogens is 434 g/mol. The molecule has 0 bridgehead atoms. The summed E-state index contributed by atoms with van der Waals surface area (Å²) in [5.41, 5.74) is 0.819. The predicted molar refractivity (Wildman–Crippen MR) is 123 cm³/mol. The standard InChI is InChI=1S/C26H19N3O5/c1-32-24-7-3-2-5-19(24)14-21(16-28)26(31)34-22-10-8-18(9-11-22)13-20(15-27)25(30)29-17-23-6-4-12-33-23/h2-14H,17H2,1H3,(H,29,30)/b20-13+,21-14+. The maximum Gasteiger partial charge on any atom is 0.354 e. The highest BCUT2D eigenvalue weighted by Gasteiger charge is 2.14. The number of ether oxygens (including phenoxy) is 2. The summed E-state index contributed by atoms with van der Waals surface area (Å²) in [6.45, 7) is 0.156. The van der Waals surface area contributed by atoms with Crippen LogP contribution in [0.15, 0.2) is 82.5 Å². The van der Waals surface area contributed by atoms with Crippen LogP contribution >= 0.6 is 0 Å². The van der Waals surface area contributed by atoms with Crippen LogP contribution < -0.4 is 14.8 Å². The third kappa shape index (κ3) is 6.22.